The van der Waals surface area contributed by atoms with Crippen LogP contribution in [0.3, 0.4) is 0 Å². The molecule has 0 radical (unpaired) electrons. The van der Waals surface area contributed by atoms with E-state index in [1.165, 1.54) is 32.1 Å². The highest BCUT2D eigenvalue weighted by Crippen LogP contribution is 2.59. The summed E-state index contributed by atoms with van der Waals surface area (Å²) >= 11 is 0. The van der Waals surface area contributed by atoms with Gasteiger partial charge in [0.2, 0.25) is 5.91 Å². The van der Waals surface area contributed by atoms with Gasteiger partial charge < -0.3 is 10.4 Å². The van der Waals surface area contributed by atoms with Crippen LogP contribution in [0.25, 0.3) is 0 Å². The Labute approximate surface area is 125 Å². The molecule has 21 heavy (non-hydrogen) atoms. The molecule has 2 unspecified atom stereocenters. The number of rotatable bonds is 3. The number of carbonyl (C=O) groups excluding carboxylic acids is 1. The van der Waals surface area contributed by atoms with Gasteiger partial charge in [0.05, 0.1) is 11.8 Å². The van der Waals surface area contributed by atoms with Crippen molar-refractivity contribution in [1.29, 1.82) is 0 Å². The fraction of sp³-hybridized carbons (Fsp3) is 0.882. The number of carboxylic acid groups (broad SMARTS) is 1. The van der Waals surface area contributed by atoms with E-state index >= 15 is 0 Å². The minimum atomic E-state index is -0.828. The van der Waals surface area contributed by atoms with Crippen LogP contribution >= 0.6 is 0 Å². The van der Waals surface area contributed by atoms with Crippen molar-refractivity contribution in [2.45, 2.75) is 52.0 Å². The Balaban J connectivity index is 1.45. The summed E-state index contributed by atoms with van der Waals surface area (Å²) in [4.78, 5) is 23.8. The predicted molar refractivity (Wildman–Crippen MR) is 77.4 cm³/mol. The Bertz CT molecular complexity index is 470. The lowest BCUT2D eigenvalue weighted by Gasteiger charge is -2.54. The molecular formula is C17H25NO3. The summed E-state index contributed by atoms with van der Waals surface area (Å²) in [5.74, 6) is 1.40. The summed E-state index contributed by atoms with van der Waals surface area (Å²) < 4.78 is 0. The van der Waals surface area contributed by atoms with Crippen molar-refractivity contribution in [1.82, 2.24) is 5.32 Å². The van der Waals surface area contributed by atoms with Gasteiger partial charge in [0.25, 0.3) is 0 Å². The standard InChI is InChI=1S/C17H25NO3/c1-17(2)12(13(17)16(20)21)15(19)18-14-10-4-8-3-9(6-10)7-11(14)5-8/h8-14H,3-7H2,1-2H3,(H,18,19)(H,20,21). The highest BCUT2D eigenvalue weighted by Gasteiger charge is 2.66. The van der Waals surface area contributed by atoms with Crippen molar-refractivity contribution in [3.8, 4) is 0 Å². The topological polar surface area (TPSA) is 66.4 Å². The molecule has 2 atom stereocenters. The van der Waals surface area contributed by atoms with Crippen LogP contribution in [0.5, 0.6) is 0 Å². The monoisotopic (exact) mass is 291 g/mol. The van der Waals surface area contributed by atoms with Crippen LogP contribution in [0.15, 0.2) is 0 Å². The van der Waals surface area contributed by atoms with Crippen molar-refractivity contribution in [2.75, 3.05) is 0 Å². The molecular weight excluding hydrogens is 266 g/mol. The molecule has 2 N–H and O–H groups in total. The lowest BCUT2D eigenvalue weighted by atomic mass is 9.54. The molecule has 5 aliphatic rings. The second-order valence-electron chi connectivity index (χ2n) is 8.58. The van der Waals surface area contributed by atoms with Crippen molar-refractivity contribution < 1.29 is 14.7 Å². The summed E-state index contributed by atoms with van der Waals surface area (Å²) in [6, 6.07) is 0.316. The van der Waals surface area contributed by atoms with Gasteiger partial charge in [-0.3, -0.25) is 9.59 Å². The fourth-order valence-corrected chi connectivity index (χ4v) is 6.00. The Kier molecular flexibility index (Phi) is 2.74. The summed E-state index contributed by atoms with van der Waals surface area (Å²) in [5, 5.41) is 12.5. The smallest absolute Gasteiger partial charge is 0.307 e. The zero-order valence-electron chi connectivity index (χ0n) is 12.8. The minimum Gasteiger partial charge on any atom is -0.481 e. The third kappa shape index (κ3) is 1.94. The number of nitrogens with one attached hydrogen (secondary N) is 1. The molecule has 5 fully saturated rings. The lowest BCUT2D eigenvalue weighted by Crippen LogP contribution is -2.56. The molecule has 5 saturated carbocycles. The van der Waals surface area contributed by atoms with Crippen LogP contribution in [0, 0.1) is 40.9 Å². The Morgan fingerprint density at radius 3 is 1.90 bits per heavy atom. The summed E-state index contributed by atoms with van der Waals surface area (Å²) in [6.45, 7) is 3.79. The maximum atomic E-state index is 12.6. The van der Waals surface area contributed by atoms with E-state index in [0.29, 0.717) is 17.9 Å². The quantitative estimate of drug-likeness (QED) is 0.838. The van der Waals surface area contributed by atoms with Crippen LogP contribution in [-0.2, 0) is 9.59 Å². The second-order valence-corrected chi connectivity index (χ2v) is 8.58. The van der Waals surface area contributed by atoms with E-state index < -0.39 is 11.9 Å². The average molecular weight is 291 g/mol. The maximum Gasteiger partial charge on any atom is 0.307 e. The molecule has 1 amide bonds. The number of carboxylic acids is 1. The van der Waals surface area contributed by atoms with Crippen molar-refractivity contribution >= 4 is 11.9 Å². The highest BCUT2D eigenvalue weighted by molar-refractivity contribution is 5.91. The van der Waals surface area contributed by atoms with Crippen LogP contribution in [0.1, 0.15) is 46.0 Å². The van der Waals surface area contributed by atoms with Gasteiger partial charge >= 0.3 is 5.97 Å². The van der Waals surface area contributed by atoms with E-state index in [9.17, 15) is 14.7 Å². The van der Waals surface area contributed by atoms with E-state index in [1.54, 1.807) is 0 Å². The summed E-state index contributed by atoms with van der Waals surface area (Å²) in [6.07, 6.45) is 6.50. The lowest BCUT2D eigenvalue weighted by molar-refractivity contribution is -0.140. The molecule has 4 heteroatoms. The fourth-order valence-electron chi connectivity index (χ4n) is 6.00. The normalized spacial score (nSPS) is 49.0. The maximum absolute atomic E-state index is 12.6. The molecule has 0 saturated heterocycles. The zero-order chi connectivity index (χ0) is 14.9. The van der Waals surface area contributed by atoms with Gasteiger partial charge in [-0.15, -0.1) is 0 Å². The van der Waals surface area contributed by atoms with E-state index in [2.05, 4.69) is 5.32 Å². The minimum absolute atomic E-state index is 0.00938. The van der Waals surface area contributed by atoms with Crippen LogP contribution in [-0.4, -0.2) is 23.0 Å². The highest BCUT2D eigenvalue weighted by atomic mass is 16.4. The van der Waals surface area contributed by atoms with Gasteiger partial charge in [-0.1, -0.05) is 13.8 Å². The largest absolute Gasteiger partial charge is 0.481 e. The number of carbonyl (C=O) groups is 2. The molecule has 0 aromatic heterocycles. The molecule has 0 heterocycles. The van der Waals surface area contributed by atoms with Crippen molar-refractivity contribution in [3.63, 3.8) is 0 Å². The van der Waals surface area contributed by atoms with Gasteiger partial charge in [0.1, 0.15) is 0 Å². The molecule has 4 nitrogen and oxygen atoms in total. The van der Waals surface area contributed by atoms with Crippen LogP contribution in [0.2, 0.25) is 0 Å². The number of aliphatic carboxylic acids is 1. The number of hydrogen-bond donors (Lipinski definition) is 2. The van der Waals surface area contributed by atoms with Crippen molar-refractivity contribution in [3.05, 3.63) is 0 Å². The van der Waals surface area contributed by atoms with Gasteiger partial charge in [-0.05, 0) is 61.2 Å². The Morgan fingerprint density at radius 2 is 1.48 bits per heavy atom. The van der Waals surface area contributed by atoms with Gasteiger partial charge in [0.15, 0.2) is 0 Å². The van der Waals surface area contributed by atoms with Gasteiger partial charge in [-0.25, -0.2) is 0 Å². The third-order valence-corrected chi connectivity index (χ3v) is 6.91. The number of hydrogen-bond acceptors (Lipinski definition) is 2. The van der Waals surface area contributed by atoms with Crippen LogP contribution < -0.4 is 5.32 Å². The van der Waals surface area contributed by atoms with Gasteiger partial charge in [-0.2, -0.15) is 0 Å². The summed E-state index contributed by atoms with van der Waals surface area (Å²) in [7, 11) is 0. The Hall–Kier alpha value is -1.06. The first-order valence-electron chi connectivity index (χ1n) is 8.41. The molecule has 5 rings (SSSR count). The van der Waals surface area contributed by atoms with E-state index in [1.807, 2.05) is 13.8 Å². The van der Waals surface area contributed by atoms with E-state index in [-0.39, 0.29) is 17.2 Å². The van der Waals surface area contributed by atoms with E-state index in [0.717, 1.165) is 11.8 Å². The molecule has 4 bridgehead atoms. The number of amides is 1. The predicted octanol–water partition coefficient (Wildman–Crippen LogP) is 2.28. The molecule has 0 spiro atoms. The molecule has 5 aliphatic carbocycles. The third-order valence-electron chi connectivity index (χ3n) is 6.91. The first-order valence-corrected chi connectivity index (χ1v) is 8.41. The molecule has 0 aromatic rings. The van der Waals surface area contributed by atoms with Gasteiger partial charge in [0, 0.05) is 6.04 Å². The molecule has 0 aliphatic heterocycles. The SMILES string of the molecule is CC1(C)C(C(=O)O)C1C(=O)NC1C2CC3CC(C2)CC1C3. The first-order chi connectivity index (χ1) is 9.88. The second kappa shape index (κ2) is 4.23. The Morgan fingerprint density at radius 1 is 0.952 bits per heavy atom. The van der Waals surface area contributed by atoms with E-state index in [4.69, 9.17) is 0 Å². The summed E-state index contributed by atoms with van der Waals surface area (Å²) in [5.41, 5.74) is -0.387. The molecule has 0 aromatic carbocycles. The van der Waals surface area contributed by atoms with Crippen LogP contribution in [0.4, 0.5) is 0 Å². The zero-order valence-corrected chi connectivity index (χ0v) is 12.8. The first kappa shape index (κ1) is 13.6. The average Bonchev–Trinajstić information content (AvgIpc) is 2.96. The molecule has 116 valence electrons. The van der Waals surface area contributed by atoms with Crippen molar-refractivity contribution in [2.24, 2.45) is 40.9 Å².